The standard InChI is InChI=1S/C30H29BrN2O5S/c31-24-16-33(30(35)32-28(24)34)29-27(38-19-23-14-8-3-9-15-23)26(37-18-22-12-6-2-7-13-22)25(39-29)20-36-17-21-10-4-1-5-11-21/h1-16,25-27,29H,17-20H2,(H,32,34,35)/t25-,26-,27+,29+/m0/s1. The van der Waals surface area contributed by atoms with Crippen LogP contribution in [0.1, 0.15) is 22.1 Å². The summed E-state index contributed by atoms with van der Waals surface area (Å²) in [5.74, 6) is 0. The Balaban J connectivity index is 1.43. The van der Waals surface area contributed by atoms with E-state index in [1.807, 2.05) is 91.0 Å². The largest absolute Gasteiger partial charge is 0.376 e. The number of halogens is 1. The highest BCUT2D eigenvalue weighted by Crippen LogP contribution is 2.45. The van der Waals surface area contributed by atoms with Gasteiger partial charge in [-0.15, -0.1) is 11.8 Å². The van der Waals surface area contributed by atoms with Gasteiger partial charge >= 0.3 is 5.69 Å². The molecule has 2 heterocycles. The maximum atomic E-state index is 12.9. The van der Waals surface area contributed by atoms with Crippen LogP contribution in [0.3, 0.4) is 0 Å². The molecule has 1 N–H and O–H groups in total. The van der Waals surface area contributed by atoms with Crippen molar-refractivity contribution in [1.82, 2.24) is 9.55 Å². The Bertz CT molecular complexity index is 1450. The number of aromatic amines is 1. The summed E-state index contributed by atoms with van der Waals surface area (Å²) >= 11 is 4.83. The second-order valence-electron chi connectivity index (χ2n) is 9.23. The van der Waals surface area contributed by atoms with Crippen LogP contribution in [0, 0.1) is 0 Å². The molecule has 0 saturated carbocycles. The molecule has 0 spiro atoms. The van der Waals surface area contributed by atoms with Crippen LogP contribution in [0.5, 0.6) is 0 Å². The Hall–Kier alpha value is -2.95. The Morgan fingerprint density at radius 2 is 1.26 bits per heavy atom. The molecule has 0 amide bonds. The lowest BCUT2D eigenvalue weighted by Gasteiger charge is -2.27. The van der Waals surface area contributed by atoms with E-state index >= 15 is 0 Å². The summed E-state index contributed by atoms with van der Waals surface area (Å²) in [4.78, 5) is 27.4. The van der Waals surface area contributed by atoms with Crippen molar-refractivity contribution in [2.24, 2.45) is 0 Å². The first-order valence-electron chi connectivity index (χ1n) is 12.7. The van der Waals surface area contributed by atoms with E-state index in [9.17, 15) is 9.59 Å². The third-order valence-electron chi connectivity index (χ3n) is 6.45. The highest BCUT2D eigenvalue weighted by Gasteiger charge is 2.47. The van der Waals surface area contributed by atoms with E-state index in [2.05, 4.69) is 20.9 Å². The molecule has 0 unspecified atom stereocenters. The lowest BCUT2D eigenvalue weighted by molar-refractivity contribution is -0.0920. The summed E-state index contributed by atoms with van der Waals surface area (Å²) < 4.78 is 21.0. The van der Waals surface area contributed by atoms with Crippen LogP contribution in [0.25, 0.3) is 0 Å². The summed E-state index contributed by atoms with van der Waals surface area (Å²) in [6.45, 7) is 1.61. The third-order valence-corrected chi connectivity index (χ3v) is 8.54. The van der Waals surface area contributed by atoms with Gasteiger partial charge in [0, 0.05) is 6.20 Å². The second kappa shape index (κ2) is 13.4. The number of nitrogens with one attached hydrogen (secondary N) is 1. The van der Waals surface area contributed by atoms with Crippen LogP contribution < -0.4 is 11.2 Å². The number of nitrogens with zero attached hydrogens (tertiary/aromatic N) is 1. The summed E-state index contributed by atoms with van der Waals surface area (Å²) in [5.41, 5.74) is 2.17. The van der Waals surface area contributed by atoms with Crippen LogP contribution in [0.15, 0.2) is 111 Å². The molecule has 1 saturated heterocycles. The van der Waals surface area contributed by atoms with Gasteiger partial charge in [0.15, 0.2) is 0 Å². The number of aromatic nitrogens is 2. The number of rotatable bonds is 11. The van der Waals surface area contributed by atoms with Gasteiger partial charge < -0.3 is 14.2 Å². The molecule has 39 heavy (non-hydrogen) atoms. The maximum Gasteiger partial charge on any atom is 0.329 e. The summed E-state index contributed by atoms with van der Waals surface area (Å²) in [6.07, 6.45) is 0.663. The van der Waals surface area contributed by atoms with Crippen molar-refractivity contribution in [2.45, 2.75) is 42.7 Å². The van der Waals surface area contributed by atoms with Gasteiger partial charge in [-0.1, -0.05) is 91.0 Å². The fraction of sp³-hybridized carbons (Fsp3) is 0.267. The SMILES string of the molecule is O=c1[nH]c(=O)n([C@@H]2S[C@@H](COCc3ccccc3)[C@H](OCc3ccccc3)[C@H]2OCc2ccccc2)cc1Br. The number of thioether (sulfide) groups is 1. The maximum absolute atomic E-state index is 12.9. The van der Waals surface area contributed by atoms with Gasteiger partial charge in [-0.05, 0) is 32.6 Å². The number of H-pyrrole nitrogens is 1. The molecule has 7 nitrogen and oxygen atoms in total. The zero-order chi connectivity index (χ0) is 27.0. The number of benzene rings is 3. The summed E-state index contributed by atoms with van der Waals surface area (Å²) in [5, 5.41) is -0.568. The van der Waals surface area contributed by atoms with Crippen LogP contribution in [-0.2, 0) is 34.0 Å². The number of hydrogen-bond donors (Lipinski definition) is 1. The van der Waals surface area contributed by atoms with E-state index in [1.54, 1.807) is 11.8 Å². The van der Waals surface area contributed by atoms with E-state index < -0.39 is 22.7 Å². The van der Waals surface area contributed by atoms with Crippen LogP contribution >= 0.6 is 27.7 Å². The van der Waals surface area contributed by atoms with Crippen molar-refractivity contribution in [1.29, 1.82) is 0 Å². The van der Waals surface area contributed by atoms with Crippen LogP contribution in [0.2, 0.25) is 0 Å². The molecule has 4 atom stereocenters. The molecule has 0 aliphatic carbocycles. The number of ether oxygens (including phenoxy) is 3. The molecule has 1 aliphatic rings. The molecule has 3 aromatic carbocycles. The molecule has 5 rings (SSSR count). The van der Waals surface area contributed by atoms with E-state index in [1.165, 1.54) is 10.8 Å². The van der Waals surface area contributed by atoms with E-state index in [-0.39, 0.29) is 15.8 Å². The first kappa shape index (κ1) is 27.6. The van der Waals surface area contributed by atoms with Gasteiger partial charge in [0.1, 0.15) is 17.6 Å². The minimum Gasteiger partial charge on any atom is -0.376 e. The lowest BCUT2D eigenvalue weighted by atomic mass is 10.1. The fourth-order valence-electron chi connectivity index (χ4n) is 4.50. The normalized spacial score (nSPS) is 20.7. The third kappa shape index (κ3) is 7.17. The zero-order valence-electron chi connectivity index (χ0n) is 21.2. The molecule has 0 bridgehead atoms. The highest BCUT2D eigenvalue weighted by molar-refractivity contribution is 9.10. The zero-order valence-corrected chi connectivity index (χ0v) is 23.6. The van der Waals surface area contributed by atoms with Crippen LogP contribution in [-0.4, -0.2) is 33.6 Å². The smallest absolute Gasteiger partial charge is 0.329 e. The predicted molar refractivity (Wildman–Crippen MR) is 156 cm³/mol. The second-order valence-corrected chi connectivity index (χ2v) is 11.4. The van der Waals surface area contributed by atoms with Gasteiger partial charge in [0.05, 0.1) is 36.2 Å². The van der Waals surface area contributed by atoms with E-state index in [0.29, 0.717) is 26.4 Å². The average Bonchev–Trinajstić information content (AvgIpc) is 3.31. The van der Waals surface area contributed by atoms with Crippen molar-refractivity contribution < 1.29 is 14.2 Å². The molecular formula is C30H29BrN2O5S. The van der Waals surface area contributed by atoms with Gasteiger partial charge in [0.25, 0.3) is 5.56 Å². The van der Waals surface area contributed by atoms with Crippen LogP contribution in [0.4, 0.5) is 0 Å². The summed E-state index contributed by atoms with van der Waals surface area (Å²) in [7, 11) is 0. The topological polar surface area (TPSA) is 82.6 Å². The molecule has 0 radical (unpaired) electrons. The van der Waals surface area contributed by atoms with Crippen molar-refractivity contribution in [3.05, 3.63) is 139 Å². The van der Waals surface area contributed by atoms with Gasteiger partial charge in [0.2, 0.25) is 0 Å². The quantitative estimate of drug-likeness (QED) is 0.249. The Kier molecular flexibility index (Phi) is 9.49. The Morgan fingerprint density at radius 1 is 0.744 bits per heavy atom. The first-order chi connectivity index (χ1) is 19.1. The van der Waals surface area contributed by atoms with Crippen molar-refractivity contribution in [2.75, 3.05) is 6.61 Å². The van der Waals surface area contributed by atoms with Gasteiger partial charge in [-0.2, -0.15) is 0 Å². The van der Waals surface area contributed by atoms with Gasteiger partial charge in [-0.3, -0.25) is 14.3 Å². The molecule has 9 heteroatoms. The Morgan fingerprint density at radius 3 is 1.82 bits per heavy atom. The first-order valence-corrected chi connectivity index (χ1v) is 14.4. The predicted octanol–water partition coefficient (Wildman–Crippen LogP) is 5.30. The van der Waals surface area contributed by atoms with E-state index in [0.717, 1.165) is 16.7 Å². The Labute approximate surface area is 239 Å². The molecule has 4 aromatic rings. The molecule has 1 aliphatic heterocycles. The average molecular weight is 610 g/mol. The lowest BCUT2D eigenvalue weighted by Crippen LogP contribution is -2.41. The molecule has 1 fully saturated rings. The van der Waals surface area contributed by atoms with Gasteiger partial charge in [-0.25, -0.2) is 4.79 Å². The molecule has 202 valence electrons. The molecular weight excluding hydrogens is 580 g/mol. The van der Waals surface area contributed by atoms with E-state index in [4.69, 9.17) is 14.2 Å². The van der Waals surface area contributed by atoms with Crippen molar-refractivity contribution in [3.8, 4) is 0 Å². The van der Waals surface area contributed by atoms with Crippen molar-refractivity contribution in [3.63, 3.8) is 0 Å². The minimum absolute atomic E-state index is 0.124. The minimum atomic E-state index is -0.498. The fourth-order valence-corrected chi connectivity index (χ4v) is 6.41. The highest BCUT2D eigenvalue weighted by atomic mass is 79.9. The molecule has 1 aromatic heterocycles. The monoisotopic (exact) mass is 608 g/mol. The summed E-state index contributed by atoms with van der Waals surface area (Å²) in [6, 6.07) is 29.8. The number of hydrogen-bond acceptors (Lipinski definition) is 6. The van der Waals surface area contributed by atoms with Crippen molar-refractivity contribution >= 4 is 27.7 Å².